The molecule has 0 aliphatic carbocycles. The van der Waals surface area contributed by atoms with E-state index in [1.807, 2.05) is 6.07 Å². The molecule has 1 aromatic heterocycles. The van der Waals surface area contributed by atoms with E-state index in [0.29, 0.717) is 0 Å². The molecule has 0 saturated heterocycles. The zero-order chi connectivity index (χ0) is 19.5. The lowest BCUT2D eigenvalue weighted by molar-refractivity contribution is 0.261. The zero-order valence-corrected chi connectivity index (χ0v) is 17.0. The third kappa shape index (κ3) is 4.13. The van der Waals surface area contributed by atoms with Crippen molar-refractivity contribution in [2.45, 2.75) is 46.3 Å². The molecule has 3 aromatic rings. The molecule has 0 unspecified atom stereocenters. The van der Waals surface area contributed by atoms with Gasteiger partial charge in [0.25, 0.3) is 0 Å². The van der Waals surface area contributed by atoms with Gasteiger partial charge in [-0.25, -0.2) is 4.39 Å². The predicted octanol–water partition coefficient (Wildman–Crippen LogP) is 5.10. The van der Waals surface area contributed by atoms with Gasteiger partial charge in [-0.15, -0.1) is 0 Å². The van der Waals surface area contributed by atoms with E-state index >= 15 is 0 Å². The van der Waals surface area contributed by atoms with Crippen molar-refractivity contribution in [3.05, 3.63) is 70.7 Å². The minimum atomic E-state index is -0.158. The van der Waals surface area contributed by atoms with Crippen LogP contribution in [0.3, 0.4) is 0 Å². The molecule has 0 saturated carbocycles. The van der Waals surface area contributed by atoms with Gasteiger partial charge in [-0.05, 0) is 67.4 Å². The van der Waals surface area contributed by atoms with Gasteiger partial charge in [0.2, 0.25) is 0 Å². The summed E-state index contributed by atoms with van der Waals surface area (Å²) in [6.45, 7) is 10.5. The van der Waals surface area contributed by atoms with Crippen LogP contribution in [0, 0.1) is 5.82 Å². The first-order valence-corrected chi connectivity index (χ1v) is 10.5. The lowest BCUT2D eigenvalue weighted by atomic mass is 10.1. The number of hydrogen-bond acceptors (Lipinski definition) is 2. The van der Waals surface area contributed by atoms with Crippen molar-refractivity contribution >= 4 is 10.9 Å². The third-order valence-corrected chi connectivity index (χ3v) is 5.97. The molecule has 1 aliphatic heterocycles. The molecule has 0 amide bonds. The smallest absolute Gasteiger partial charge is 0.123 e. The van der Waals surface area contributed by atoms with Gasteiger partial charge in [-0.3, -0.25) is 9.80 Å². The normalized spacial score (nSPS) is 15.1. The Kier molecular flexibility index (Phi) is 5.79. The van der Waals surface area contributed by atoms with Crippen LogP contribution >= 0.6 is 0 Å². The van der Waals surface area contributed by atoms with Gasteiger partial charge in [-0.1, -0.05) is 38.1 Å². The van der Waals surface area contributed by atoms with Crippen LogP contribution in [-0.4, -0.2) is 34.4 Å². The fourth-order valence-corrected chi connectivity index (χ4v) is 4.30. The summed E-state index contributed by atoms with van der Waals surface area (Å²) in [5.41, 5.74) is 6.31. The lowest BCUT2D eigenvalue weighted by Crippen LogP contribution is -2.23. The highest BCUT2D eigenvalue weighted by Crippen LogP contribution is 2.28. The van der Waals surface area contributed by atoms with Crippen LogP contribution in [0.25, 0.3) is 10.9 Å². The number of aromatic amines is 1. The van der Waals surface area contributed by atoms with Crippen molar-refractivity contribution in [3.63, 3.8) is 0 Å². The van der Waals surface area contributed by atoms with Gasteiger partial charge < -0.3 is 4.98 Å². The molecule has 2 aromatic carbocycles. The SMILES string of the molecule is CCN(CC)Cc1ccc(CN2CCCc3[nH]c4ccc(F)cc4c3C2)cc1. The molecule has 4 heteroatoms. The van der Waals surface area contributed by atoms with Gasteiger partial charge in [0, 0.05) is 36.2 Å². The maximum atomic E-state index is 13.8. The molecule has 2 heterocycles. The van der Waals surface area contributed by atoms with E-state index in [4.69, 9.17) is 0 Å². The molecule has 0 spiro atoms. The van der Waals surface area contributed by atoms with E-state index in [1.165, 1.54) is 28.5 Å². The first kappa shape index (κ1) is 19.2. The van der Waals surface area contributed by atoms with Gasteiger partial charge in [0.15, 0.2) is 0 Å². The Morgan fingerprint density at radius 3 is 2.54 bits per heavy atom. The van der Waals surface area contributed by atoms with Crippen LogP contribution in [0.1, 0.15) is 42.7 Å². The van der Waals surface area contributed by atoms with Crippen molar-refractivity contribution in [2.24, 2.45) is 0 Å². The van der Waals surface area contributed by atoms with Crippen molar-refractivity contribution < 1.29 is 4.39 Å². The fourth-order valence-electron chi connectivity index (χ4n) is 4.30. The Morgan fingerprint density at radius 2 is 1.79 bits per heavy atom. The van der Waals surface area contributed by atoms with Crippen molar-refractivity contribution in [2.75, 3.05) is 19.6 Å². The number of rotatable bonds is 6. The fraction of sp³-hybridized carbons (Fsp3) is 0.417. The third-order valence-electron chi connectivity index (χ3n) is 5.97. The monoisotopic (exact) mass is 379 g/mol. The number of halogens is 1. The molecule has 1 aliphatic rings. The second kappa shape index (κ2) is 8.46. The van der Waals surface area contributed by atoms with E-state index in [2.05, 4.69) is 52.9 Å². The highest BCUT2D eigenvalue weighted by Gasteiger charge is 2.19. The highest BCUT2D eigenvalue weighted by atomic mass is 19.1. The lowest BCUT2D eigenvalue weighted by Gasteiger charge is -2.21. The van der Waals surface area contributed by atoms with Crippen LogP contribution in [0.2, 0.25) is 0 Å². The average Bonchev–Trinajstić information content (AvgIpc) is 2.91. The van der Waals surface area contributed by atoms with Crippen molar-refractivity contribution in [1.29, 1.82) is 0 Å². The Labute approximate surface area is 167 Å². The first-order chi connectivity index (χ1) is 13.7. The van der Waals surface area contributed by atoms with Gasteiger partial charge in [0.1, 0.15) is 5.82 Å². The second-order valence-electron chi connectivity index (χ2n) is 7.86. The van der Waals surface area contributed by atoms with E-state index < -0.39 is 0 Å². The number of H-pyrrole nitrogens is 1. The number of aryl methyl sites for hydroxylation is 1. The van der Waals surface area contributed by atoms with Crippen molar-refractivity contribution in [1.82, 2.24) is 14.8 Å². The average molecular weight is 380 g/mol. The topological polar surface area (TPSA) is 22.3 Å². The number of nitrogens with zero attached hydrogens (tertiary/aromatic N) is 2. The molecule has 4 rings (SSSR count). The minimum absolute atomic E-state index is 0.158. The van der Waals surface area contributed by atoms with Crippen LogP contribution < -0.4 is 0 Å². The number of benzene rings is 2. The van der Waals surface area contributed by atoms with Crippen LogP contribution in [0.15, 0.2) is 42.5 Å². The summed E-state index contributed by atoms with van der Waals surface area (Å²) in [5.74, 6) is -0.158. The van der Waals surface area contributed by atoms with E-state index in [0.717, 1.165) is 63.0 Å². The summed E-state index contributed by atoms with van der Waals surface area (Å²) in [6, 6.07) is 14.1. The van der Waals surface area contributed by atoms with Crippen LogP contribution in [0.5, 0.6) is 0 Å². The van der Waals surface area contributed by atoms with E-state index in [9.17, 15) is 4.39 Å². The molecule has 0 radical (unpaired) electrons. The Morgan fingerprint density at radius 1 is 1.04 bits per heavy atom. The van der Waals surface area contributed by atoms with Gasteiger partial charge in [-0.2, -0.15) is 0 Å². The molecule has 0 atom stereocenters. The Balaban J connectivity index is 1.48. The number of aromatic nitrogens is 1. The van der Waals surface area contributed by atoms with E-state index in [-0.39, 0.29) is 5.82 Å². The second-order valence-corrected chi connectivity index (χ2v) is 7.86. The molecular formula is C24H30FN3. The standard InChI is InChI=1S/C24H30FN3/c1-3-27(4-2)15-18-7-9-19(10-8-18)16-28-13-5-6-23-22(17-28)21-14-20(25)11-12-24(21)26-23/h7-12,14,26H,3-6,13,15-17H2,1-2H3. The van der Waals surface area contributed by atoms with Crippen molar-refractivity contribution in [3.8, 4) is 0 Å². The van der Waals surface area contributed by atoms with Crippen LogP contribution in [0.4, 0.5) is 4.39 Å². The summed E-state index contributed by atoms with van der Waals surface area (Å²) in [4.78, 5) is 8.43. The summed E-state index contributed by atoms with van der Waals surface area (Å²) >= 11 is 0. The summed E-state index contributed by atoms with van der Waals surface area (Å²) in [6.07, 6.45) is 2.16. The maximum Gasteiger partial charge on any atom is 0.123 e. The molecule has 148 valence electrons. The summed E-state index contributed by atoms with van der Waals surface area (Å²) in [7, 11) is 0. The molecule has 0 fully saturated rings. The quantitative estimate of drug-likeness (QED) is 0.644. The van der Waals surface area contributed by atoms with Crippen LogP contribution in [-0.2, 0) is 26.1 Å². The highest BCUT2D eigenvalue weighted by molar-refractivity contribution is 5.84. The Bertz CT molecular complexity index is 925. The molecule has 3 nitrogen and oxygen atoms in total. The molecule has 28 heavy (non-hydrogen) atoms. The predicted molar refractivity (Wildman–Crippen MR) is 114 cm³/mol. The molecule has 1 N–H and O–H groups in total. The van der Waals surface area contributed by atoms with E-state index in [1.54, 1.807) is 6.07 Å². The first-order valence-electron chi connectivity index (χ1n) is 10.5. The summed E-state index contributed by atoms with van der Waals surface area (Å²) in [5, 5.41) is 1.04. The largest absolute Gasteiger partial charge is 0.358 e. The minimum Gasteiger partial charge on any atom is -0.358 e. The Hall–Kier alpha value is -2.17. The summed E-state index contributed by atoms with van der Waals surface area (Å²) < 4.78 is 13.8. The molecule has 0 bridgehead atoms. The van der Waals surface area contributed by atoms with Gasteiger partial charge in [0.05, 0.1) is 0 Å². The van der Waals surface area contributed by atoms with Gasteiger partial charge >= 0.3 is 0 Å². The zero-order valence-electron chi connectivity index (χ0n) is 17.0. The number of fused-ring (bicyclic) bond motifs is 3. The molecular weight excluding hydrogens is 349 g/mol. The number of hydrogen-bond donors (Lipinski definition) is 1. The maximum absolute atomic E-state index is 13.8. The number of nitrogens with one attached hydrogen (secondary N) is 1.